The van der Waals surface area contributed by atoms with Crippen molar-refractivity contribution in [3.8, 4) is 0 Å². The average Bonchev–Trinajstić information content (AvgIpc) is 2.83. The Kier molecular flexibility index (Phi) is 3.64. The van der Waals surface area contributed by atoms with E-state index in [9.17, 15) is 0 Å². The summed E-state index contributed by atoms with van der Waals surface area (Å²) in [5.41, 5.74) is 2.66. The Hall–Kier alpha value is -1.13. The smallest absolute Gasteiger partial charge is 0.0522 e. The number of aromatic nitrogens is 2. The van der Waals surface area contributed by atoms with Crippen molar-refractivity contribution in [1.29, 1.82) is 0 Å². The molecular weight excluding hydrogens is 230 g/mol. The van der Waals surface area contributed by atoms with E-state index in [0.717, 1.165) is 6.42 Å². The highest BCUT2D eigenvalue weighted by Gasteiger charge is 2.14. The molecule has 0 fully saturated rings. The van der Waals surface area contributed by atoms with Crippen molar-refractivity contribution >= 4 is 11.3 Å². The predicted octanol–water partition coefficient (Wildman–Crippen LogP) is 2.60. The minimum absolute atomic E-state index is 0.386. The lowest BCUT2D eigenvalue weighted by atomic mass is 10.1. The van der Waals surface area contributed by atoms with Gasteiger partial charge < -0.3 is 5.32 Å². The fourth-order valence-electron chi connectivity index (χ4n) is 1.93. The van der Waals surface area contributed by atoms with Crippen LogP contribution in [0.15, 0.2) is 18.5 Å². The van der Waals surface area contributed by atoms with Gasteiger partial charge in [0.2, 0.25) is 0 Å². The van der Waals surface area contributed by atoms with Gasteiger partial charge in [-0.1, -0.05) is 0 Å². The fourth-order valence-corrected chi connectivity index (χ4v) is 3.08. The Morgan fingerprint density at radius 2 is 2.24 bits per heavy atom. The summed E-state index contributed by atoms with van der Waals surface area (Å²) in [6.07, 6.45) is 5.01. The van der Waals surface area contributed by atoms with E-state index >= 15 is 0 Å². The summed E-state index contributed by atoms with van der Waals surface area (Å²) in [7, 11) is 3.97. The van der Waals surface area contributed by atoms with Crippen molar-refractivity contribution in [3.63, 3.8) is 0 Å². The zero-order valence-electron chi connectivity index (χ0n) is 10.8. The van der Waals surface area contributed by atoms with Crippen molar-refractivity contribution < 1.29 is 0 Å². The molecule has 17 heavy (non-hydrogen) atoms. The van der Waals surface area contributed by atoms with Gasteiger partial charge >= 0.3 is 0 Å². The summed E-state index contributed by atoms with van der Waals surface area (Å²) < 4.78 is 1.85. The molecule has 0 saturated heterocycles. The van der Waals surface area contributed by atoms with Crippen LogP contribution in [0.25, 0.3) is 0 Å². The standard InChI is InChI=1S/C13H19N3S/c1-9-5-13(17-10(9)2)12(14-3)6-11-7-15-16(4)8-11/h5,7-8,12,14H,6H2,1-4H3. The van der Waals surface area contributed by atoms with E-state index in [-0.39, 0.29) is 0 Å². The van der Waals surface area contributed by atoms with Crippen LogP contribution in [0.1, 0.15) is 26.9 Å². The molecule has 2 aromatic rings. The molecule has 1 atom stereocenters. The summed E-state index contributed by atoms with van der Waals surface area (Å²) in [6, 6.07) is 2.67. The van der Waals surface area contributed by atoms with Crippen LogP contribution in [-0.2, 0) is 13.5 Å². The lowest BCUT2D eigenvalue weighted by Gasteiger charge is -2.13. The third kappa shape index (κ3) is 2.76. The SMILES string of the molecule is CNC(Cc1cnn(C)c1)c1cc(C)c(C)s1. The van der Waals surface area contributed by atoms with Crippen molar-refractivity contribution in [2.45, 2.75) is 26.3 Å². The summed E-state index contributed by atoms with van der Waals surface area (Å²) in [5.74, 6) is 0. The van der Waals surface area contributed by atoms with Crippen molar-refractivity contribution in [2.75, 3.05) is 7.05 Å². The van der Waals surface area contributed by atoms with E-state index in [1.165, 1.54) is 20.9 Å². The van der Waals surface area contributed by atoms with E-state index < -0.39 is 0 Å². The molecule has 0 aromatic carbocycles. The van der Waals surface area contributed by atoms with E-state index in [2.05, 4.69) is 36.5 Å². The molecule has 3 nitrogen and oxygen atoms in total. The van der Waals surface area contributed by atoms with Crippen LogP contribution in [0.3, 0.4) is 0 Å². The van der Waals surface area contributed by atoms with Crippen LogP contribution in [0, 0.1) is 13.8 Å². The molecule has 1 N–H and O–H groups in total. The second-order valence-corrected chi connectivity index (χ2v) is 5.74. The number of hydrogen-bond acceptors (Lipinski definition) is 3. The largest absolute Gasteiger partial charge is 0.312 e. The van der Waals surface area contributed by atoms with Crippen LogP contribution in [0.5, 0.6) is 0 Å². The molecule has 0 amide bonds. The summed E-state index contributed by atoms with van der Waals surface area (Å²) in [6.45, 7) is 4.35. The van der Waals surface area contributed by atoms with Gasteiger partial charge in [0.25, 0.3) is 0 Å². The third-order valence-electron chi connectivity index (χ3n) is 3.08. The fraction of sp³-hybridized carbons (Fsp3) is 0.462. The monoisotopic (exact) mass is 249 g/mol. The molecule has 2 rings (SSSR count). The number of nitrogens with zero attached hydrogens (tertiary/aromatic N) is 2. The Morgan fingerprint density at radius 3 is 2.71 bits per heavy atom. The highest BCUT2D eigenvalue weighted by Crippen LogP contribution is 2.28. The highest BCUT2D eigenvalue weighted by molar-refractivity contribution is 7.12. The van der Waals surface area contributed by atoms with Crippen LogP contribution in [0.4, 0.5) is 0 Å². The summed E-state index contributed by atoms with van der Waals surface area (Å²) in [4.78, 5) is 2.82. The topological polar surface area (TPSA) is 29.9 Å². The number of hydrogen-bond donors (Lipinski definition) is 1. The molecule has 0 bridgehead atoms. The number of likely N-dealkylation sites (N-methyl/N-ethyl adjacent to an activating group) is 1. The molecule has 2 heterocycles. The predicted molar refractivity (Wildman–Crippen MR) is 72.5 cm³/mol. The van der Waals surface area contributed by atoms with E-state index in [0.29, 0.717) is 6.04 Å². The molecule has 0 spiro atoms. The highest BCUT2D eigenvalue weighted by atomic mass is 32.1. The first-order chi connectivity index (χ1) is 8.10. The molecule has 1 unspecified atom stereocenters. The zero-order valence-corrected chi connectivity index (χ0v) is 11.6. The van der Waals surface area contributed by atoms with Gasteiger partial charge in [-0.05, 0) is 44.5 Å². The molecular formula is C13H19N3S. The number of aryl methyl sites for hydroxylation is 3. The molecule has 0 radical (unpaired) electrons. The van der Waals surface area contributed by atoms with Gasteiger partial charge in [0, 0.05) is 29.0 Å². The van der Waals surface area contributed by atoms with Gasteiger partial charge in [-0.15, -0.1) is 11.3 Å². The van der Waals surface area contributed by atoms with Gasteiger partial charge in [0.15, 0.2) is 0 Å². The van der Waals surface area contributed by atoms with Crippen LogP contribution in [0.2, 0.25) is 0 Å². The average molecular weight is 249 g/mol. The first-order valence-corrected chi connectivity index (χ1v) is 6.63. The van der Waals surface area contributed by atoms with Crippen LogP contribution in [-0.4, -0.2) is 16.8 Å². The normalized spacial score (nSPS) is 12.9. The quantitative estimate of drug-likeness (QED) is 0.902. The maximum Gasteiger partial charge on any atom is 0.0522 e. The van der Waals surface area contributed by atoms with Gasteiger partial charge in [-0.25, -0.2) is 0 Å². The second-order valence-electron chi connectivity index (χ2n) is 4.46. The second kappa shape index (κ2) is 5.02. The van der Waals surface area contributed by atoms with E-state index in [1.54, 1.807) is 0 Å². The molecule has 0 aliphatic rings. The molecule has 4 heteroatoms. The van der Waals surface area contributed by atoms with Gasteiger partial charge in [-0.3, -0.25) is 4.68 Å². The van der Waals surface area contributed by atoms with Crippen molar-refractivity contribution in [3.05, 3.63) is 39.3 Å². The number of nitrogens with one attached hydrogen (secondary N) is 1. The van der Waals surface area contributed by atoms with Crippen LogP contribution < -0.4 is 5.32 Å². The number of rotatable bonds is 4. The van der Waals surface area contributed by atoms with Gasteiger partial charge in [0.1, 0.15) is 0 Å². The molecule has 0 aliphatic heterocycles. The van der Waals surface area contributed by atoms with Crippen molar-refractivity contribution in [2.24, 2.45) is 7.05 Å². The summed E-state index contributed by atoms with van der Waals surface area (Å²) in [5, 5.41) is 7.60. The van der Waals surface area contributed by atoms with Gasteiger partial charge in [0.05, 0.1) is 6.20 Å². The maximum atomic E-state index is 4.21. The minimum Gasteiger partial charge on any atom is -0.312 e. The zero-order chi connectivity index (χ0) is 12.4. The molecule has 0 aliphatic carbocycles. The first kappa shape index (κ1) is 12.3. The Morgan fingerprint density at radius 1 is 1.47 bits per heavy atom. The molecule has 0 saturated carbocycles. The minimum atomic E-state index is 0.386. The van der Waals surface area contributed by atoms with E-state index in [1.807, 2.05) is 36.3 Å². The van der Waals surface area contributed by atoms with Crippen molar-refractivity contribution in [1.82, 2.24) is 15.1 Å². The number of thiophene rings is 1. The lowest BCUT2D eigenvalue weighted by molar-refractivity contribution is 0.601. The molecule has 92 valence electrons. The Labute approximate surface area is 106 Å². The summed E-state index contributed by atoms with van der Waals surface area (Å²) >= 11 is 1.88. The Bertz CT molecular complexity index is 479. The lowest BCUT2D eigenvalue weighted by Crippen LogP contribution is -2.17. The maximum absolute atomic E-state index is 4.21. The first-order valence-electron chi connectivity index (χ1n) is 5.82. The Balaban J connectivity index is 2.16. The van der Waals surface area contributed by atoms with Crippen LogP contribution >= 0.6 is 11.3 Å². The third-order valence-corrected chi connectivity index (χ3v) is 4.34. The van der Waals surface area contributed by atoms with E-state index in [4.69, 9.17) is 0 Å². The van der Waals surface area contributed by atoms with Gasteiger partial charge in [-0.2, -0.15) is 5.10 Å². The molecule has 2 aromatic heterocycles.